The lowest BCUT2D eigenvalue weighted by atomic mass is 9.49. The van der Waals surface area contributed by atoms with Gasteiger partial charge in [-0.1, -0.05) is 102 Å². The third kappa shape index (κ3) is 5.08. The van der Waals surface area contributed by atoms with Crippen LogP contribution in [0.1, 0.15) is 55.6 Å². The SMILES string of the molecule is O=C(O)CCCCCN1C(=O)C2CC=C3C(CC4C(=O)N(c5cccc(Cl)c5)C(=O)C4(c4ccccc4)C3c3ccc4ccccc4c3O)C2C1=O. The minimum Gasteiger partial charge on any atom is -0.507 e. The minimum absolute atomic E-state index is 0.000837. The Hall–Kier alpha value is -5.28. The quantitative estimate of drug-likeness (QED) is 0.108. The number of amides is 4. The van der Waals surface area contributed by atoms with Gasteiger partial charge in [0.25, 0.3) is 0 Å². The van der Waals surface area contributed by atoms with Crippen molar-refractivity contribution in [2.75, 3.05) is 11.4 Å². The van der Waals surface area contributed by atoms with Crippen molar-refractivity contribution in [1.82, 2.24) is 4.90 Å². The Morgan fingerprint density at radius 1 is 0.827 bits per heavy atom. The lowest BCUT2D eigenvalue weighted by molar-refractivity contribution is -0.141. The largest absolute Gasteiger partial charge is 0.507 e. The fourth-order valence-corrected chi connectivity index (χ4v) is 9.79. The van der Waals surface area contributed by atoms with Gasteiger partial charge in [0.1, 0.15) is 5.75 Å². The van der Waals surface area contributed by atoms with Crippen LogP contribution in [0.2, 0.25) is 5.02 Å². The van der Waals surface area contributed by atoms with Gasteiger partial charge in [-0.25, -0.2) is 4.90 Å². The second-order valence-corrected chi connectivity index (χ2v) is 14.8. The average molecular weight is 717 g/mol. The number of fused-ring (bicyclic) bond motifs is 5. The van der Waals surface area contributed by atoms with Crippen molar-refractivity contribution in [3.63, 3.8) is 0 Å². The molecule has 0 bridgehead atoms. The minimum atomic E-state index is -1.49. The third-order valence-electron chi connectivity index (χ3n) is 11.8. The Bertz CT molecular complexity index is 2180. The zero-order valence-corrected chi connectivity index (χ0v) is 29.0. The molecule has 0 radical (unpaired) electrons. The maximum absolute atomic E-state index is 15.4. The van der Waals surface area contributed by atoms with E-state index in [-0.39, 0.29) is 43.4 Å². The van der Waals surface area contributed by atoms with E-state index < -0.39 is 52.8 Å². The number of halogens is 1. The summed E-state index contributed by atoms with van der Waals surface area (Å²) in [6.07, 6.45) is 3.93. The number of carboxylic acid groups (broad SMARTS) is 1. The molecule has 0 spiro atoms. The molecule has 8 rings (SSSR count). The van der Waals surface area contributed by atoms with Crippen molar-refractivity contribution < 1.29 is 34.2 Å². The monoisotopic (exact) mass is 716 g/mol. The van der Waals surface area contributed by atoms with Crippen LogP contribution in [-0.4, -0.2) is 51.3 Å². The molecule has 9 nitrogen and oxygen atoms in total. The van der Waals surface area contributed by atoms with Gasteiger partial charge in [0.05, 0.1) is 28.9 Å². The van der Waals surface area contributed by atoms with E-state index in [4.69, 9.17) is 16.7 Å². The summed E-state index contributed by atoms with van der Waals surface area (Å²) < 4.78 is 0. The molecule has 0 aromatic heterocycles. The van der Waals surface area contributed by atoms with E-state index in [1.807, 2.05) is 72.8 Å². The molecular weight excluding hydrogens is 680 g/mol. The van der Waals surface area contributed by atoms with Crippen LogP contribution in [0, 0.1) is 23.7 Å². The molecule has 4 aromatic carbocycles. The molecular formula is C42H37ClN2O7. The van der Waals surface area contributed by atoms with Crippen LogP contribution < -0.4 is 4.90 Å². The summed E-state index contributed by atoms with van der Waals surface area (Å²) in [4.78, 5) is 72.0. The molecule has 6 unspecified atom stereocenters. The van der Waals surface area contributed by atoms with Crippen molar-refractivity contribution in [3.8, 4) is 5.75 Å². The molecule has 1 saturated carbocycles. The van der Waals surface area contributed by atoms with Crippen molar-refractivity contribution in [3.05, 3.63) is 119 Å². The van der Waals surface area contributed by atoms with Crippen LogP contribution in [-0.2, 0) is 29.4 Å². The highest BCUT2D eigenvalue weighted by atomic mass is 35.5. The second kappa shape index (κ2) is 13.0. The molecule has 4 aliphatic rings. The lowest BCUT2D eigenvalue weighted by Gasteiger charge is -2.50. The Labute approximate surface area is 305 Å². The molecule has 52 heavy (non-hydrogen) atoms. The summed E-state index contributed by atoms with van der Waals surface area (Å²) in [5.41, 5.74) is 0.711. The number of carboxylic acids is 1. The van der Waals surface area contributed by atoms with Gasteiger partial charge in [-0.15, -0.1) is 0 Å². The maximum Gasteiger partial charge on any atom is 0.303 e. The Kier molecular flexibility index (Phi) is 8.49. The summed E-state index contributed by atoms with van der Waals surface area (Å²) in [6, 6.07) is 27.0. The molecule has 4 amide bonds. The third-order valence-corrected chi connectivity index (χ3v) is 12.0. The van der Waals surface area contributed by atoms with Crippen molar-refractivity contribution >= 4 is 57.7 Å². The topological polar surface area (TPSA) is 132 Å². The molecule has 4 aromatic rings. The molecule has 2 N–H and O–H groups in total. The highest BCUT2D eigenvalue weighted by Gasteiger charge is 2.70. The second-order valence-electron chi connectivity index (χ2n) is 14.4. The fourth-order valence-electron chi connectivity index (χ4n) is 9.60. The smallest absolute Gasteiger partial charge is 0.303 e. The first kappa shape index (κ1) is 33.8. The van der Waals surface area contributed by atoms with Gasteiger partial charge in [-0.3, -0.25) is 28.9 Å². The predicted molar refractivity (Wildman–Crippen MR) is 195 cm³/mol. The van der Waals surface area contributed by atoms with E-state index >= 15 is 4.79 Å². The van der Waals surface area contributed by atoms with E-state index in [2.05, 4.69) is 0 Å². The number of carbonyl (C=O) groups is 5. The van der Waals surface area contributed by atoms with Crippen LogP contribution >= 0.6 is 11.6 Å². The molecule has 2 saturated heterocycles. The molecule has 2 heterocycles. The number of unbranched alkanes of at least 4 members (excludes halogenated alkanes) is 2. The number of phenolic OH excluding ortho intramolecular Hbond substituents is 1. The first-order valence-electron chi connectivity index (χ1n) is 17.8. The number of carbonyl (C=O) groups excluding carboxylic acids is 4. The number of phenols is 1. The number of hydrogen-bond acceptors (Lipinski definition) is 6. The zero-order chi connectivity index (χ0) is 36.3. The number of nitrogens with zero attached hydrogens (tertiary/aromatic N) is 2. The van der Waals surface area contributed by atoms with Crippen LogP contribution in [0.15, 0.2) is 103 Å². The lowest BCUT2D eigenvalue weighted by Crippen LogP contribution is -2.53. The number of rotatable bonds is 9. The van der Waals surface area contributed by atoms with Gasteiger partial charge in [0.15, 0.2) is 0 Å². The molecule has 3 fully saturated rings. The molecule has 264 valence electrons. The van der Waals surface area contributed by atoms with Gasteiger partial charge in [-0.2, -0.15) is 0 Å². The van der Waals surface area contributed by atoms with Crippen LogP contribution in [0.25, 0.3) is 10.8 Å². The normalized spacial score (nSPS) is 26.7. The Balaban J connectivity index is 1.30. The predicted octanol–water partition coefficient (Wildman–Crippen LogP) is 7.01. The van der Waals surface area contributed by atoms with Gasteiger partial charge in [-0.05, 0) is 60.7 Å². The van der Waals surface area contributed by atoms with Crippen molar-refractivity contribution in [2.24, 2.45) is 23.7 Å². The number of aliphatic carboxylic acids is 1. The summed E-state index contributed by atoms with van der Waals surface area (Å²) in [5, 5.41) is 22.9. The number of aromatic hydroxyl groups is 1. The summed E-state index contributed by atoms with van der Waals surface area (Å²) in [5.74, 6) is -6.02. The van der Waals surface area contributed by atoms with Crippen molar-refractivity contribution in [2.45, 2.75) is 49.9 Å². The van der Waals surface area contributed by atoms with E-state index in [0.29, 0.717) is 46.5 Å². The van der Waals surface area contributed by atoms with Crippen molar-refractivity contribution in [1.29, 1.82) is 0 Å². The number of anilines is 1. The van der Waals surface area contributed by atoms with E-state index in [0.717, 1.165) is 11.0 Å². The molecule has 10 heteroatoms. The van der Waals surface area contributed by atoms with Crippen LogP contribution in [0.3, 0.4) is 0 Å². The maximum atomic E-state index is 15.4. The average Bonchev–Trinajstić information content (AvgIpc) is 3.52. The number of imide groups is 2. The van der Waals surface area contributed by atoms with E-state index in [1.165, 1.54) is 9.80 Å². The highest BCUT2D eigenvalue weighted by molar-refractivity contribution is 6.32. The standard InChI is InChI=1S/C42H37ClN2O7/c43-26-13-9-14-27(22-26)45-39(50)33-23-32-29(19-20-30-35(32)40(51)44(38(30)49)21-8-2-5-16-34(46)47)36(42(33,41(45)52)25-11-3-1-4-12-25)31-18-17-24-10-6-7-15-28(24)37(31)48/h1,3-4,6-7,9-15,17-19,22,30,32-33,35-36,48H,2,5,8,16,20-21,23H2,(H,46,47). The number of hydrogen-bond donors (Lipinski definition) is 2. The highest BCUT2D eigenvalue weighted by Crippen LogP contribution is 2.65. The summed E-state index contributed by atoms with van der Waals surface area (Å²) >= 11 is 6.40. The van der Waals surface area contributed by atoms with Gasteiger partial charge in [0, 0.05) is 34.9 Å². The molecule has 2 aliphatic heterocycles. The van der Waals surface area contributed by atoms with E-state index in [9.17, 15) is 24.3 Å². The van der Waals surface area contributed by atoms with E-state index in [1.54, 1.807) is 24.3 Å². The number of allylic oxidation sites excluding steroid dienone is 2. The number of benzene rings is 4. The van der Waals surface area contributed by atoms with Gasteiger partial charge < -0.3 is 10.2 Å². The van der Waals surface area contributed by atoms with Gasteiger partial charge >= 0.3 is 5.97 Å². The first-order chi connectivity index (χ1) is 25.1. The zero-order valence-electron chi connectivity index (χ0n) is 28.3. The first-order valence-corrected chi connectivity index (χ1v) is 18.2. The molecule has 2 aliphatic carbocycles. The number of likely N-dealkylation sites (tertiary alicyclic amines) is 1. The van der Waals surface area contributed by atoms with Crippen LogP contribution in [0.4, 0.5) is 5.69 Å². The fraction of sp³-hybridized carbons (Fsp3) is 0.310. The van der Waals surface area contributed by atoms with Gasteiger partial charge in [0.2, 0.25) is 23.6 Å². The Morgan fingerprint density at radius 2 is 1.60 bits per heavy atom. The van der Waals surface area contributed by atoms with Crippen LogP contribution in [0.5, 0.6) is 5.75 Å². The summed E-state index contributed by atoms with van der Waals surface area (Å²) in [6.45, 7) is 0.193. The Morgan fingerprint density at radius 3 is 2.37 bits per heavy atom. The summed E-state index contributed by atoms with van der Waals surface area (Å²) in [7, 11) is 0. The molecule has 6 atom stereocenters.